The van der Waals surface area contributed by atoms with Crippen molar-refractivity contribution in [3.63, 3.8) is 0 Å². The van der Waals surface area contributed by atoms with Crippen molar-refractivity contribution < 1.29 is 9.21 Å². The first-order valence-electron chi connectivity index (χ1n) is 8.44. The Balaban J connectivity index is 1.85. The Bertz CT molecular complexity index is 775. The van der Waals surface area contributed by atoms with E-state index in [1.165, 1.54) is 5.56 Å². The molecule has 2 heterocycles. The van der Waals surface area contributed by atoms with Gasteiger partial charge in [0.1, 0.15) is 5.76 Å². The molecule has 0 spiro atoms. The first-order valence-corrected chi connectivity index (χ1v) is 8.44. The van der Waals surface area contributed by atoms with Crippen molar-refractivity contribution in [1.29, 1.82) is 0 Å². The normalized spacial score (nSPS) is 28.6. The van der Waals surface area contributed by atoms with Gasteiger partial charge < -0.3 is 9.32 Å². The van der Waals surface area contributed by atoms with Crippen LogP contribution in [0.1, 0.15) is 30.7 Å². The molecule has 1 fully saturated rings. The van der Waals surface area contributed by atoms with Gasteiger partial charge >= 0.3 is 0 Å². The first-order chi connectivity index (χ1) is 11.7. The van der Waals surface area contributed by atoms with Gasteiger partial charge in [-0.05, 0) is 24.1 Å². The summed E-state index contributed by atoms with van der Waals surface area (Å²) in [5.41, 5.74) is 1.20. The van der Waals surface area contributed by atoms with Gasteiger partial charge in [-0.3, -0.25) is 4.79 Å². The highest BCUT2D eigenvalue weighted by atomic mass is 16.3. The molecule has 1 aromatic heterocycles. The zero-order valence-electron chi connectivity index (χ0n) is 13.8. The molecule has 24 heavy (non-hydrogen) atoms. The summed E-state index contributed by atoms with van der Waals surface area (Å²) < 4.78 is 5.73. The largest absolute Gasteiger partial charge is 0.467 e. The molecule has 4 rings (SSSR count). The highest BCUT2D eigenvalue weighted by molar-refractivity contribution is 5.74. The van der Waals surface area contributed by atoms with Crippen molar-refractivity contribution in [3.05, 3.63) is 84.4 Å². The van der Waals surface area contributed by atoms with E-state index < -0.39 is 0 Å². The maximum atomic E-state index is 12.3. The van der Waals surface area contributed by atoms with Crippen LogP contribution in [-0.4, -0.2) is 17.4 Å². The van der Waals surface area contributed by atoms with Gasteiger partial charge in [0.15, 0.2) is 0 Å². The maximum absolute atomic E-state index is 12.3. The second kappa shape index (κ2) is 5.82. The first kappa shape index (κ1) is 15.0. The quantitative estimate of drug-likeness (QED) is 0.829. The third-order valence-corrected chi connectivity index (χ3v) is 5.41. The molecule has 0 N–H and O–H groups in total. The third-order valence-electron chi connectivity index (χ3n) is 5.41. The zero-order chi connectivity index (χ0) is 16.6. The highest BCUT2D eigenvalue weighted by Crippen LogP contribution is 2.51. The summed E-state index contributed by atoms with van der Waals surface area (Å²) in [5.74, 6) is 1.12. The van der Waals surface area contributed by atoms with Gasteiger partial charge in [-0.25, -0.2) is 0 Å². The van der Waals surface area contributed by atoms with Gasteiger partial charge in [0.05, 0.1) is 12.3 Å². The molecule has 1 saturated heterocycles. The van der Waals surface area contributed by atoms with Gasteiger partial charge in [-0.15, -0.1) is 0 Å². The van der Waals surface area contributed by atoms with Crippen molar-refractivity contribution in [2.45, 2.75) is 24.8 Å². The van der Waals surface area contributed by atoms with Gasteiger partial charge in [0.2, 0.25) is 5.91 Å². The molecule has 0 saturated carbocycles. The second-order valence-corrected chi connectivity index (χ2v) is 6.60. The summed E-state index contributed by atoms with van der Waals surface area (Å²) in [7, 11) is 0. The van der Waals surface area contributed by atoms with Crippen molar-refractivity contribution in [2.24, 2.45) is 5.92 Å². The molecule has 3 nitrogen and oxygen atoms in total. The van der Waals surface area contributed by atoms with Crippen molar-refractivity contribution in [3.8, 4) is 0 Å². The van der Waals surface area contributed by atoms with Crippen LogP contribution in [0.5, 0.6) is 0 Å². The van der Waals surface area contributed by atoms with E-state index in [9.17, 15) is 4.79 Å². The molecule has 1 amide bonds. The number of hydrogen-bond donors (Lipinski definition) is 0. The Labute approximate surface area is 142 Å². The van der Waals surface area contributed by atoms with E-state index in [2.05, 4.69) is 48.6 Å². The second-order valence-electron chi connectivity index (χ2n) is 6.60. The van der Waals surface area contributed by atoms with Crippen LogP contribution >= 0.6 is 0 Å². The number of benzene rings is 1. The monoisotopic (exact) mass is 319 g/mol. The number of rotatable bonds is 2. The lowest BCUT2D eigenvalue weighted by Gasteiger charge is -2.51. The molecule has 0 unspecified atom stereocenters. The number of piperidine rings is 1. The smallest absolute Gasteiger partial charge is 0.220 e. The average molecular weight is 319 g/mol. The van der Waals surface area contributed by atoms with E-state index in [-0.39, 0.29) is 23.3 Å². The predicted molar refractivity (Wildman–Crippen MR) is 93.3 cm³/mol. The fourth-order valence-corrected chi connectivity index (χ4v) is 4.29. The number of carbonyl (C=O) groups is 1. The lowest BCUT2D eigenvalue weighted by Crippen LogP contribution is -2.52. The number of fused-ring (bicyclic) bond motifs is 1. The fourth-order valence-electron chi connectivity index (χ4n) is 4.29. The summed E-state index contributed by atoms with van der Waals surface area (Å²) >= 11 is 0. The SMILES string of the molecule is CC(=O)N1CC[C@]2(c3ccccc3)C=CC=C[C@@H]2[C@H]1c1ccco1. The Morgan fingerprint density at radius 2 is 2.00 bits per heavy atom. The Hall–Kier alpha value is -2.55. The van der Waals surface area contributed by atoms with Crippen molar-refractivity contribution >= 4 is 5.91 Å². The Morgan fingerprint density at radius 3 is 2.71 bits per heavy atom. The molecule has 122 valence electrons. The zero-order valence-corrected chi connectivity index (χ0v) is 13.8. The lowest BCUT2D eigenvalue weighted by molar-refractivity contribution is -0.135. The standard InChI is InChI=1S/C21H21NO2/c1-16(23)22-14-13-21(17-8-3-2-4-9-17)12-6-5-10-18(21)20(22)19-11-7-15-24-19/h2-12,15,18,20H,13-14H2,1H3/t18-,20+,21+/m1/s1. The van der Waals surface area contributed by atoms with Gasteiger partial charge in [-0.1, -0.05) is 54.6 Å². The number of nitrogens with zero attached hydrogens (tertiary/aromatic N) is 1. The molecule has 1 aliphatic carbocycles. The molecule has 3 atom stereocenters. The summed E-state index contributed by atoms with van der Waals surface area (Å²) in [6.45, 7) is 2.37. The lowest BCUT2D eigenvalue weighted by atomic mass is 9.61. The number of allylic oxidation sites excluding steroid dienone is 3. The van der Waals surface area contributed by atoms with Crippen LogP contribution in [0.25, 0.3) is 0 Å². The predicted octanol–water partition coefficient (Wildman–Crippen LogP) is 4.25. The van der Waals surface area contributed by atoms with E-state index in [1.807, 2.05) is 23.1 Å². The van der Waals surface area contributed by atoms with Crippen molar-refractivity contribution in [1.82, 2.24) is 4.90 Å². The van der Waals surface area contributed by atoms with E-state index in [4.69, 9.17) is 4.42 Å². The Morgan fingerprint density at radius 1 is 1.17 bits per heavy atom. The molecule has 1 aromatic carbocycles. The molecule has 2 aromatic rings. The average Bonchev–Trinajstić information content (AvgIpc) is 3.15. The molecule has 2 aliphatic rings. The molecule has 0 bridgehead atoms. The molecule has 0 radical (unpaired) electrons. The van der Waals surface area contributed by atoms with Crippen LogP contribution in [0.4, 0.5) is 0 Å². The summed E-state index contributed by atoms with van der Waals surface area (Å²) in [4.78, 5) is 14.2. The minimum absolute atomic E-state index is 0.0762. The summed E-state index contributed by atoms with van der Waals surface area (Å²) in [6.07, 6.45) is 11.4. The summed E-state index contributed by atoms with van der Waals surface area (Å²) in [6, 6.07) is 14.4. The minimum Gasteiger partial charge on any atom is -0.467 e. The van der Waals surface area contributed by atoms with Crippen LogP contribution in [0.15, 0.2) is 77.4 Å². The molecule has 1 aliphatic heterocycles. The van der Waals surface area contributed by atoms with E-state index in [1.54, 1.807) is 13.2 Å². The van der Waals surface area contributed by atoms with Crippen LogP contribution in [-0.2, 0) is 10.2 Å². The molecular formula is C21H21NO2. The van der Waals surface area contributed by atoms with E-state index >= 15 is 0 Å². The van der Waals surface area contributed by atoms with Crippen molar-refractivity contribution in [2.75, 3.05) is 6.54 Å². The maximum Gasteiger partial charge on any atom is 0.220 e. The van der Waals surface area contributed by atoms with E-state index in [0.717, 1.165) is 18.7 Å². The summed E-state index contributed by atoms with van der Waals surface area (Å²) in [5, 5.41) is 0. The van der Waals surface area contributed by atoms with Crippen LogP contribution in [0, 0.1) is 5.92 Å². The fraction of sp³-hybridized carbons (Fsp3) is 0.286. The number of carbonyl (C=O) groups excluding carboxylic acids is 1. The number of amides is 1. The van der Waals surface area contributed by atoms with E-state index in [0.29, 0.717) is 0 Å². The number of likely N-dealkylation sites (tertiary alicyclic amines) is 1. The Kier molecular flexibility index (Phi) is 3.64. The molecular weight excluding hydrogens is 298 g/mol. The highest BCUT2D eigenvalue weighted by Gasteiger charge is 2.49. The molecule has 3 heteroatoms. The van der Waals surface area contributed by atoms with Crippen LogP contribution in [0.3, 0.4) is 0 Å². The van der Waals surface area contributed by atoms with Gasteiger partial charge in [0.25, 0.3) is 0 Å². The van der Waals surface area contributed by atoms with Gasteiger partial charge in [0, 0.05) is 24.8 Å². The number of hydrogen-bond acceptors (Lipinski definition) is 2. The minimum atomic E-state index is -0.0978. The van der Waals surface area contributed by atoms with Crippen LogP contribution in [0.2, 0.25) is 0 Å². The van der Waals surface area contributed by atoms with Gasteiger partial charge in [-0.2, -0.15) is 0 Å². The third kappa shape index (κ3) is 2.23. The topological polar surface area (TPSA) is 33.5 Å². The van der Waals surface area contributed by atoms with Crippen LogP contribution < -0.4 is 0 Å². The number of furan rings is 1.